The molecular weight excluding hydrogens is 340 g/mol. The summed E-state index contributed by atoms with van der Waals surface area (Å²) < 4.78 is 11.6. The van der Waals surface area contributed by atoms with Gasteiger partial charge in [0.05, 0.1) is 5.69 Å². The molecule has 0 N–H and O–H groups in total. The molecule has 5 nitrogen and oxygen atoms in total. The molecule has 0 amide bonds. The van der Waals surface area contributed by atoms with E-state index in [1.54, 1.807) is 0 Å². The van der Waals surface area contributed by atoms with Crippen LogP contribution in [0.3, 0.4) is 0 Å². The van der Waals surface area contributed by atoms with Gasteiger partial charge in [0, 0.05) is 11.6 Å². The molecule has 1 aromatic heterocycles. The largest absolute Gasteiger partial charge is 0.489 e. The minimum atomic E-state index is 0.415. The van der Waals surface area contributed by atoms with Gasteiger partial charge < -0.3 is 14.1 Å². The molecule has 0 bridgehead atoms. The number of aromatic nitrogens is 1. The molecule has 5 heteroatoms. The van der Waals surface area contributed by atoms with E-state index in [4.69, 9.17) is 14.1 Å². The molecule has 0 fully saturated rings. The zero-order chi connectivity index (χ0) is 19.2. The fraction of sp³-hybridized carbons (Fsp3) is 0.273. The highest BCUT2D eigenvalue weighted by Crippen LogP contribution is 2.23. The van der Waals surface area contributed by atoms with Crippen LogP contribution in [0, 0.1) is 13.8 Å². The Hall–Kier alpha value is -3.08. The molecule has 0 radical (unpaired) electrons. The zero-order valence-electron chi connectivity index (χ0n) is 16.2. The van der Waals surface area contributed by atoms with E-state index >= 15 is 0 Å². The van der Waals surface area contributed by atoms with Crippen LogP contribution in [0.1, 0.15) is 40.6 Å². The number of rotatable bonds is 7. The maximum Gasteiger partial charge on any atom is 0.189 e. The van der Waals surface area contributed by atoms with E-state index in [-0.39, 0.29) is 0 Å². The van der Waals surface area contributed by atoms with Crippen LogP contribution < -0.4 is 4.74 Å². The molecule has 0 atom stereocenters. The molecule has 0 spiro atoms. The molecule has 140 valence electrons. The molecule has 3 aromatic rings. The van der Waals surface area contributed by atoms with Crippen LogP contribution >= 0.6 is 0 Å². The summed E-state index contributed by atoms with van der Waals surface area (Å²) in [6, 6.07) is 16.0. The van der Waals surface area contributed by atoms with Crippen molar-refractivity contribution in [1.82, 2.24) is 5.16 Å². The molecule has 2 aromatic carbocycles. The van der Waals surface area contributed by atoms with Gasteiger partial charge in [-0.1, -0.05) is 53.6 Å². The topological polar surface area (TPSA) is 56.9 Å². The van der Waals surface area contributed by atoms with Crippen molar-refractivity contribution in [2.24, 2.45) is 5.16 Å². The normalized spacial score (nSPS) is 11.5. The summed E-state index contributed by atoms with van der Waals surface area (Å²) in [6.45, 7) is 6.54. The third-order valence-electron chi connectivity index (χ3n) is 4.34. The molecule has 0 unspecified atom stereocenters. The third kappa shape index (κ3) is 4.37. The van der Waals surface area contributed by atoms with Crippen LogP contribution in [0.2, 0.25) is 0 Å². The van der Waals surface area contributed by atoms with Crippen LogP contribution in [-0.4, -0.2) is 18.0 Å². The first-order valence-electron chi connectivity index (χ1n) is 8.97. The van der Waals surface area contributed by atoms with Crippen molar-refractivity contribution in [2.45, 2.75) is 33.8 Å². The minimum absolute atomic E-state index is 0.415. The second-order valence-electron chi connectivity index (χ2n) is 6.37. The SMILES string of the molecule is CCc1cc(/C(=N/OC)c2ccccc2COc2cc(C)ccc2C)on1. The van der Waals surface area contributed by atoms with E-state index < -0.39 is 0 Å². The van der Waals surface area contributed by atoms with Gasteiger partial charge in [0.1, 0.15) is 19.5 Å². The number of aryl methyl sites for hydroxylation is 3. The zero-order valence-corrected chi connectivity index (χ0v) is 16.2. The van der Waals surface area contributed by atoms with Crippen molar-refractivity contribution in [3.05, 3.63) is 82.2 Å². The number of ether oxygens (including phenoxy) is 1. The van der Waals surface area contributed by atoms with Crippen molar-refractivity contribution in [2.75, 3.05) is 7.11 Å². The van der Waals surface area contributed by atoms with Crippen molar-refractivity contribution in [3.8, 4) is 5.75 Å². The Balaban J connectivity index is 1.92. The molecule has 0 saturated carbocycles. The second-order valence-corrected chi connectivity index (χ2v) is 6.37. The van der Waals surface area contributed by atoms with E-state index in [0.29, 0.717) is 18.1 Å². The average Bonchev–Trinajstić information content (AvgIpc) is 3.16. The summed E-state index contributed by atoms with van der Waals surface area (Å²) in [7, 11) is 1.52. The van der Waals surface area contributed by atoms with Crippen molar-refractivity contribution >= 4 is 5.71 Å². The van der Waals surface area contributed by atoms with Gasteiger partial charge in [-0.05, 0) is 43.0 Å². The van der Waals surface area contributed by atoms with Gasteiger partial charge in [0.25, 0.3) is 0 Å². The number of hydrogen-bond donors (Lipinski definition) is 0. The predicted octanol–water partition coefficient (Wildman–Crippen LogP) is 4.83. The highest BCUT2D eigenvalue weighted by Gasteiger charge is 2.18. The van der Waals surface area contributed by atoms with Crippen LogP contribution in [0.5, 0.6) is 5.75 Å². The van der Waals surface area contributed by atoms with Crippen molar-refractivity contribution in [1.29, 1.82) is 0 Å². The first-order valence-corrected chi connectivity index (χ1v) is 8.97. The maximum absolute atomic E-state index is 6.09. The molecule has 0 aliphatic carbocycles. The van der Waals surface area contributed by atoms with Crippen LogP contribution in [0.4, 0.5) is 0 Å². The summed E-state index contributed by atoms with van der Waals surface area (Å²) >= 11 is 0. The highest BCUT2D eigenvalue weighted by molar-refractivity contribution is 6.11. The molecule has 27 heavy (non-hydrogen) atoms. The average molecular weight is 364 g/mol. The van der Waals surface area contributed by atoms with Gasteiger partial charge in [-0.3, -0.25) is 0 Å². The standard InChI is InChI=1S/C22H24N2O3/c1-5-18-13-21(27-23-18)22(24-25-4)19-9-7-6-8-17(19)14-26-20-12-15(2)10-11-16(20)3/h6-13H,5,14H2,1-4H3/b24-22+. The third-order valence-corrected chi connectivity index (χ3v) is 4.34. The van der Waals surface area contributed by atoms with Gasteiger partial charge in [-0.2, -0.15) is 0 Å². The molecule has 0 saturated heterocycles. The van der Waals surface area contributed by atoms with E-state index in [2.05, 4.69) is 29.4 Å². The Morgan fingerprint density at radius 1 is 1.11 bits per heavy atom. The van der Waals surface area contributed by atoms with E-state index in [1.807, 2.05) is 50.2 Å². The predicted molar refractivity (Wildman–Crippen MR) is 105 cm³/mol. The van der Waals surface area contributed by atoms with Gasteiger partial charge in [0.2, 0.25) is 0 Å². The summed E-state index contributed by atoms with van der Waals surface area (Å²) in [5.41, 5.74) is 5.63. The molecule has 3 rings (SSSR count). The van der Waals surface area contributed by atoms with Crippen molar-refractivity contribution in [3.63, 3.8) is 0 Å². The number of hydrogen-bond acceptors (Lipinski definition) is 5. The second kappa shape index (κ2) is 8.54. The van der Waals surface area contributed by atoms with Crippen LogP contribution in [0.25, 0.3) is 0 Å². The Bertz CT molecular complexity index is 944. The highest BCUT2D eigenvalue weighted by atomic mass is 16.6. The Labute approximate surface area is 159 Å². The minimum Gasteiger partial charge on any atom is -0.489 e. The van der Waals surface area contributed by atoms with E-state index in [9.17, 15) is 0 Å². The summed E-state index contributed by atoms with van der Waals surface area (Å²) in [5, 5.41) is 8.25. The summed E-state index contributed by atoms with van der Waals surface area (Å²) in [6.07, 6.45) is 0.793. The fourth-order valence-electron chi connectivity index (χ4n) is 2.80. The lowest BCUT2D eigenvalue weighted by Crippen LogP contribution is -2.09. The quantitative estimate of drug-likeness (QED) is 0.445. The van der Waals surface area contributed by atoms with Crippen LogP contribution in [0.15, 0.2) is 58.2 Å². The lowest BCUT2D eigenvalue weighted by Gasteiger charge is -2.13. The number of nitrogens with zero attached hydrogens (tertiary/aromatic N) is 2. The van der Waals surface area contributed by atoms with Gasteiger partial charge in [-0.15, -0.1) is 0 Å². The molecule has 0 aliphatic heterocycles. The summed E-state index contributed by atoms with van der Waals surface area (Å²) in [4.78, 5) is 5.07. The number of oxime groups is 1. The fourth-order valence-corrected chi connectivity index (χ4v) is 2.80. The van der Waals surface area contributed by atoms with E-state index in [0.717, 1.165) is 34.6 Å². The van der Waals surface area contributed by atoms with Gasteiger partial charge in [-0.25, -0.2) is 0 Å². The van der Waals surface area contributed by atoms with Crippen LogP contribution in [-0.2, 0) is 17.9 Å². The Morgan fingerprint density at radius 3 is 2.67 bits per heavy atom. The Kier molecular flexibility index (Phi) is 5.91. The molecule has 1 heterocycles. The maximum atomic E-state index is 6.09. The first-order chi connectivity index (χ1) is 13.1. The van der Waals surface area contributed by atoms with Gasteiger partial charge in [0.15, 0.2) is 11.5 Å². The molecular formula is C22H24N2O3. The first kappa shape index (κ1) is 18.7. The lowest BCUT2D eigenvalue weighted by atomic mass is 10.0. The van der Waals surface area contributed by atoms with Gasteiger partial charge >= 0.3 is 0 Å². The van der Waals surface area contributed by atoms with Crippen molar-refractivity contribution < 1.29 is 14.1 Å². The monoisotopic (exact) mass is 364 g/mol. The van der Waals surface area contributed by atoms with E-state index in [1.165, 1.54) is 12.7 Å². The molecule has 0 aliphatic rings. The lowest BCUT2D eigenvalue weighted by molar-refractivity contribution is 0.212. The smallest absolute Gasteiger partial charge is 0.189 e. The number of benzene rings is 2. The summed E-state index contributed by atoms with van der Waals surface area (Å²) in [5.74, 6) is 1.45. The Morgan fingerprint density at radius 2 is 1.93 bits per heavy atom.